The highest BCUT2D eigenvalue weighted by Crippen LogP contribution is 2.38. The zero-order valence-electron chi connectivity index (χ0n) is 18.4. The number of nitrogens with zero attached hydrogens (tertiary/aromatic N) is 1. The second-order valence-electron chi connectivity index (χ2n) is 7.44. The number of carbonyl (C=O) groups is 1. The number of hydrogen-bond acceptors (Lipinski definition) is 5. The van der Waals surface area contributed by atoms with Crippen LogP contribution >= 0.6 is 39.1 Å². The molecule has 0 amide bonds. The molecular weight excluding hydrogens is 541 g/mol. The van der Waals surface area contributed by atoms with Crippen molar-refractivity contribution in [2.24, 2.45) is 4.99 Å². The number of aryl methyl sites for hydroxylation is 1. The van der Waals surface area contributed by atoms with Crippen molar-refractivity contribution in [2.75, 3.05) is 6.61 Å². The Morgan fingerprint density at radius 2 is 1.88 bits per heavy atom. The lowest BCUT2D eigenvalue weighted by atomic mass is 10.1. The third kappa shape index (κ3) is 5.46. The van der Waals surface area contributed by atoms with Gasteiger partial charge in [0.15, 0.2) is 17.2 Å². The Kier molecular flexibility index (Phi) is 7.61. The molecule has 0 saturated carbocycles. The van der Waals surface area contributed by atoms with Gasteiger partial charge in [0.25, 0.3) is 0 Å². The van der Waals surface area contributed by atoms with Gasteiger partial charge in [-0.3, -0.25) is 0 Å². The number of aliphatic imine (C=N–C) groups is 1. The number of benzene rings is 3. The lowest BCUT2D eigenvalue weighted by Gasteiger charge is -2.15. The van der Waals surface area contributed by atoms with Gasteiger partial charge >= 0.3 is 5.97 Å². The van der Waals surface area contributed by atoms with Gasteiger partial charge in [0.05, 0.1) is 21.7 Å². The number of hydrogen-bond donors (Lipinski definition) is 0. The minimum atomic E-state index is -0.574. The first-order valence-corrected chi connectivity index (χ1v) is 12.0. The van der Waals surface area contributed by atoms with Gasteiger partial charge in [0, 0.05) is 5.02 Å². The van der Waals surface area contributed by atoms with Crippen LogP contribution in [0.5, 0.6) is 11.5 Å². The standard InChI is InChI=1S/C26H20BrCl2NO4/c1-3-32-23-12-16(10-20(27)24(23)33-14-17-7-5-4-6-15(17)2)11-22-26(31)34-25(30-22)19-9-8-18(28)13-21(19)29/h4-13H,3,14H2,1-2H3/b22-11-. The fraction of sp³-hybridized carbons (Fsp3) is 0.154. The van der Waals surface area contributed by atoms with Crippen molar-refractivity contribution in [2.45, 2.75) is 20.5 Å². The molecule has 0 aliphatic carbocycles. The Morgan fingerprint density at radius 3 is 2.62 bits per heavy atom. The molecule has 0 aromatic heterocycles. The van der Waals surface area contributed by atoms with Gasteiger partial charge in [0.1, 0.15) is 6.61 Å². The highest BCUT2D eigenvalue weighted by molar-refractivity contribution is 9.10. The van der Waals surface area contributed by atoms with Crippen LogP contribution < -0.4 is 9.47 Å². The Bertz CT molecular complexity index is 1320. The van der Waals surface area contributed by atoms with Crippen LogP contribution in [0.4, 0.5) is 0 Å². The van der Waals surface area contributed by atoms with Crippen LogP contribution in [-0.4, -0.2) is 18.5 Å². The van der Waals surface area contributed by atoms with E-state index >= 15 is 0 Å². The molecule has 1 heterocycles. The van der Waals surface area contributed by atoms with E-state index in [1.165, 1.54) is 0 Å². The number of ether oxygens (including phenoxy) is 3. The average Bonchev–Trinajstić information content (AvgIpc) is 3.14. The maximum absolute atomic E-state index is 12.5. The molecule has 174 valence electrons. The van der Waals surface area contributed by atoms with Crippen LogP contribution in [0.25, 0.3) is 6.08 Å². The summed E-state index contributed by atoms with van der Waals surface area (Å²) < 4.78 is 17.9. The Hall–Kier alpha value is -2.80. The molecule has 0 fully saturated rings. The third-order valence-electron chi connectivity index (χ3n) is 5.05. The molecule has 3 aromatic carbocycles. The number of esters is 1. The summed E-state index contributed by atoms with van der Waals surface area (Å²) in [5, 5.41) is 0.823. The summed E-state index contributed by atoms with van der Waals surface area (Å²) in [6.45, 7) is 4.78. The summed E-state index contributed by atoms with van der Waals surface area (Å²) in [6, 6.07) is 16.5. The predicted octanol–water partition coefficient (Wildman–Crippen LogP) is 7.39. The van der Waals surface area contributed by atoms with Crippen LogP contribution in [0.2, 0.25) is 10.0 Å². The highest BCUT2D eigenvalue weighted by Gasteiger charge is 2.26. The molecule has 1 aliphatic heterocycles. The first kappa shape index (κ1) is 24.3. The fourth-order valence-electron chi connectivity index (χ4n) is 3.34. The molecule has 0 unspecified atom stereocenters. The molecule has 0 atom stereocenters. The second-order valence-corrected chi connectivity index (χ2v) is 9.14. The Labute approximate surface area is 216 Å². The summed E-state index contributed by atoms with van der Waals surface area (Å²) in [5.41, 5.74) is 3.55. The SMILES string of the molecule is CCOc1cc(/C=C2\N=C(c3ccc(Cl)cc3Cl)OC2=O)cc(Br)c1OCc1ccccc1C. The van der Waals surface area contributed by atoms with E-state index < -0.39 is 5.97 Å². The molecule has 3 aromatic rings. The minimum Gasteiger partial charge on any atom is -0.490 e. The second kappa shape index (κ2) is 10.6. The minimum absolute atomic E-state index is 0.125. The van der Waals surface area contributed by atoms with Crippen LogP contribution in [0.15, 0.2) is 69.8 Å². The maximum atomic E-state index is 12.5. The van der Waals surface area contributed by atoms with Crippen LogP contribution in [0.3, 0.4) is 0 Å². The van der Waals surface area contributed by atoms with E-state index in [1.54, 1.807) is 30.3 Å². The Balaban J connectivity index is 1.63. The summed E-state index contributed by atoms with van der Waals surface area (Å²) in [4.78, 5) is 16.8. The van der Waals surface area contributed by atoms with Crippen molar-refractivity contribution in [1.29, 1.82) is 0 Å². The molecule has 0 spiro atoms. The summed E-state index contributed by atoms with van der Waals surface area (Å²) in [6.07, 6.45) is 1.62. The quantitative estimate of drug-likeness (QED) is 0.223. The number of cyclic esters (lactones) is 1. The van der Waals surface area contributed by atoms with Crippen LogP contribution in [0, 0.1) is 6.92 Å². The van der Waals surface area contributed by atoms with Gasteiger partial charge < -0.3 is 14.2 Å². The largest absolute Gasteiger partial charge is 0.490 e. The lowest BCUT2D eigenvalue weighted by molar-refractivity contribution is -0.129. The first-order chi connectivity index (χ1) is 16.4. The van der Waals surface area contributed by atoms with Crippen LogP contribution in [-0.2, 0) is 16.1 Å². The lowest BCUT2D eigenvalue weighted by Crippen LogP contribution is -2.06. The van der Waals surface area contributed by atoms with Crippen molar-refractivity contribution >= 4 is 57.1 Å². The van der Waals surface area contributed by atoms with Crippen molar-refractivity contribution in [3.05, 3.63) is 97.1 Å². The zero-order valence-corrected chi connectivity index (χ0v) is 21.5. The van der Waals surface area contributed by atoms with Crippen molar-refractivity contribution in [1.82, 2.24) is 0 Å². The van der Waals surface area contributed by atoms with Gasteiger partial charge in [-0.2, -0.15) is 0 Å². The van der Waals surface area contributed by atoms with E-state index in [0.29, 0.717) is 50.4 Å². The van der Waals surface area contributed by atoms with E-state index in [1.807, 2.05) is 44.2 Å². The molecule has 34 heavy (non-hydrogen) atoms. The van der Waals surface area contributed by atoms with Gasteiger partial charge in [-0.15, -0.1) is 0 Å². The van der Waals surface area contributed by atoms with E-state index in [2.05, 4.69) is 20.9 Å². The molecule has 0 bridgehead atoms. The van der Waals surface area contributed by atoms with Crippen molar-refractivity contribution in [3.8, 4) is 11.5 Å². The molecular formula is C26H20BrCl2NO4. The fourth-order valence-corrected chi connectivity index (χ4v) is 4.40. The third-order valence-corrected chi connectivity index (χ3v) is 6.19. The first-order valence-electron chi connectivity index (χ1n) is 10.5. The summed E-state index contributed by atoms with van der Waals surface area (Å²) >= 11 is 15.8. The monoisotopic (exact) mass is 559 g/mol. The van der Waals surface area contributed by atoms with E-state index in [-0.39, 0.29) is 11.6 Å². The van der Waals surface area contributed by atoms with Gasteiger partial charge in [-0.25, -0.2) is 9.79 Å². The van der Waals surface area contributed by atoms with Gasteiger partial charge in [-0.05, 0) is 82.9 Å². The number of halogens is 3. The Morgan fingerprint density at radius 1 is 1.09 bits per heavy atom. The number of carbonyl (C=O) groups excluding carboxylic acids is 1. The van der Waals surface area contributed by atoms with Crippen molar-refractivity contribution < 1.29 is 19.0 Å². The predicted molar refractivity (Wildman–Crippen MR) is 138 cm³/mol. The van der Waals surface area contributed by atoms with E-state index in [4.69, 9.17) is 37.4 Å². The molecule has 5 nitrogen and oxygen atoms in total. The van der Waals surface area contributed by atoms with Gasteiger partial charge in [-0.1, -0.05) is 47.5 Å². The smallest absolute Gasteiger partial charge is 0.363 e. The topological polar surface area (TPSA) is 57.1 Å². The average molecular weight is 561 g/mol. The molecule has 8 heteroatoms. The zero-order chi connectivity index (χ0) is 24.2. The highest BCUT2D eigenvalue weighted by atomic mass is 79.9. The molecule has 4 rings (SSSR count). The van der Waals surface area contributed by atoms with Crippen LogP contribution in [0.1, 0.15) is 29.2 Å². The van der Waals surface area contributed by atoms with E-state index in [0.717, 1.165) is 11.1 Å². The number of rotatable bonds is 7. The normalized spacial score (nSPS) is 14.2. The molecule has 0 N–H and O–H groups in total. The van der Waals surface area contributed by atoms with E-state index in [9.17, 15) is 4.79 Å². The molecule has 0 saturated heterocycles. The maximum Gasteiger partial charge on any atom is 0.363 e. The summed E-state index contributed by atoms with van der Waals surface area (Å²) in [7, 11) is 0. The molecule has 1 aliphatic rings. The summed E-state index contributed by atoms with van der Waals surface area (Å²) in [5.74, 6) is 0.683. The van der Waals surface area contributed by atoms with Crippen molar-refractivity contribution in [3.63, 3.8) is 0 Å². The molecule has 0 radical (unpaired) electrons. The van der Waals surface area contributed by atoms with Gasteiger partial charge in [0.2, 0.25) is 5.90 Å².